The van der Waals surface area contributed by atoms with Gasteiger partial charge in [-0.25, -0.2) is 0 Å². The average Bonchev–Trinajstić information content (AvgIpc) is 2.15. The molecule has 8 heteroatoms. The molecule has 6 nitrogen and oxygen atoms in total. The van der Waals surface area contributed by atoms with E-state index in [2.05, 4.69) is 28.8 Å². The summed E-state index contributed by atoms with van der Waals surface area (Å²) in [4.78, 5) is 32.3. The number of amides is 3. The van der Waals surface area contributed by atoms with E-state index in [1.54, 1.807) is 0 Å². The summed E-state index contributed by atoms with van der Waals surface area (Å²) >= 11 is 5.38. The lowest BCUT2D eigenvalue weighted by molar-refractivity contribution is -0.122. The van der Waals surface area contributed by atoms with Gasteiger partial charge in [0, 0.05) is 42.0 Å². The number of halogens is 1. The number of rotatable bonds is 5. The van der Waals surface area contributed by atoms with Crippen molar-refractivity contribution >= 4 is 50.9 Å². The zero-order valence-electron chi connectivity index (χ0n) is 7.88. The second-order valence-electron chi connectivity index (χ2n) is 2.52. The monoisotopic (exact) mass is 345 g/mol. The van der Waals surface area contributed by atoms with E-state index in [-0.39, 0.29) is 28.7 Å². The molecule has 0 radical (unpaired) electrons. The smallest absolute Gasteiger partial charge is 0.298 e. The van der Waals surface area contributed by atoms with Crippen LogP contribution < -0.4 is 16.2 Å². The van der Waals surface area contributed by atoms with Crippen LogP contribution in [0.5, 0.6) is 0 Å². The number of carbonyl (C=O) groups is 3. The topological polar surface area (TPSA) is 87.3 Å². The van der Waals surface area contributed by atoms with Crippen LogP contribution in [0.4, 0.5) is 4.79 Å². The molecule has 0 saturated carbocycles. The van der Waals surface area contributed by atoms with Crippen LogP contribution in [-0.4, -0.2) is 28.0 Å². The van der Waals surface area contributed by atoms with Crippen LogP contribution in [0.2, 0.25) is 0 Å². The highest BCUT2D eigenvalue weighted by atomic mass is 127. The van der Waals surface area contributed by atoms with Gasteiger partial charge >= 0.3 is 0 Å². The molecule has 86 valence electrons. The van der Waals surface area contributed by atoms with Crippen molar-refractivity contribution in [2.45, 2.75) is 12.8 Å². The van der Waals surface area contributed by atoms with Gasteiger partial charge < -0.3 is 5.32 Å². The molecule has 0 heterocycles. The van der Waals surface area contributed by atoms with Crippen molar-refractivity contribution in [2.24, 2.45) is 0 Å². The maximum Gasteiger partial charge on any atom is 0.298 e. The second-order valence-corrected chi connectivity index (χ2v) is 3.95. The van der Waals surface area contributed by atoms with E-state index < -0.39 is 0 Å². The van der Waals surface area contributed by atoms with E-state index in [1.807, 2.05) is 0 Å². The molecule has 0 aromatic rings. The Bertz CT molecular complexity index is 250. The van der Waals surface area contributed by atoms with Gasteiger partial charge in [-0.15, -0.1) is 0 Å². The van der Waals surface area contributed by atoms with Gasteiger partial charge in [0.15, 0.2) is 0 Å². The molecule has 0 rings (SSSR count). The van der Waals surface area contributed by atoms with Gasteiger partial charge in [0.25, 0.3) is 3.91 Å². The molecule has 0 aliphatic heterocycles. The first-order valence-corrected chi connectivity index (χ1v) is 5.89. The molecule has 0 fully saturated rings. The first-order valence-electron chi connectivity index (χ1n) is 4.18. The third kappa shape index (κ3) is 9.79. The molecule has 0 aromatic heterocycles. The van der Waals surface area contributed by atoms with E-state index in [9.17, 15) is 14.4 Å². The maximum absolute atomic E-state index is 11.0. The van der Waals surface area contributed by atoms with Crippen LogP contribution in [-0.2, 0) is 9.59 Å². The molecule has 3 N–H and O–H groups in total. The lowest BCUT2D eigenvalue weighted by atomic mass is 10.4. The van der Waals surface area contributed by atoms with Crippen LogP contribution in [0, 0.1) is 0 Å². The van der Waals surface area contributed by atoms with Crippen molar-refractivity contribution in [3.63, 3.8) is 0 Å². The van der Waals surface area contributed by atoms with E-state index in [4.69, 9.17) is 0 Å². The summed E-state index contributed by atoms with van der Waals surface area (Å²) in [6.45, 7) is 0.246. The molecule has 0 bridgehead atoms. The minimum atomic E-state index is -0.375. The van der Waals surface area contributed by atoms with Crippen LogP contribution in [0.25, 0.3) is 0 Å². The minimum absolute atomic E-state index is 0.120. The Kier molecular flexibility index (Phi) is 8.47. The molecule has 0 aromatic carbocycles. The number of nitrogens with one attached hydrogen (secondary N) is 3. The molecular weight excluding hydrogens is 333 g/mol. The Hall–Kier alpha value is -0.510. The Balaban J connectivity index is 3.46. The number of hydrogen-bond donors (Lipinski definition) is 4. The Morgan fingerprint density at radius 1 is 1.07 bits per heavy atom. The van der Waals surface area contributed by atoms with Crippen LogP contribution >= 0.6 is 35.2 Å². The molecule has 0 unspecified atom stereocenters. The summed E-state index contributed by atoms with van der Waals surface area (Å²) in [7, 11) is 0. The van der Waals surface area contributed by atoms with E-state index in [0.29, 0.717) is 12.2 Å². The molecule has 3 amide bonds. The normalized spacial score (nSPS) is 9.20. The fourth-order valence-corrected chi connectivity index (χ4v) is 1.02. The number of hydrogen-bond acceptors (Lipinski definition) is 4. The number of hydrazine groups is 1. The van der Waals surface area contributed by atoms with E-state index >= 15 is 0 Å². The number of carbonyl (C=O) groups excluding carboxylic acids is 3. The van der Waals surface area contributed by atoms with E-state index in [0.717, 1.165) is 0 Å². The van der Waals surface area contributed by atoms with E-state index in [1.165, 1.54) is 22.6 Å². The quantitative estimate of drug-likeness (QED) is 0.186. The van der Waals surface area contributed by atoms with Gasteiger partial charge in [0.1, 0.15) is 0 Å². The maximum atomic E-state index is 11.0. The summed E-state index contributed by atoms with van der Waals surface area (Å²) in [6, 6.07) is 0. The molecule has 0 spiro atoms. The highest BCUT2D eigenvalue weighted by molar-refractivity contribution is 14.1. The highest BCUT2D eigenvalue weighted by Gasteiger charge is 2.03. The van der Waals surface area contributed by atoms with Crippen molar-refractivity contribution in [3.05, 3.63) is 0 Å². The van der Waals surface area contributed by atoms with Gasteiger partial charge in [-0.1, -0.05) is 0 Å². The summed E-state index contributed by atoms with van der Waals surface area (Å²) < 4.78 is -0.375. The fourth-order valence-electron chi connectivity index (χ4n) is 0.687. The third-order valence-electron chi connectivity index (χ3n) is 1.31. The molecular formula is C7H12IN3O3S. The first-order chi connectivity index (χ1) is 7.06. The molecule has 0 aliphatic carbocycles. The predicted molar refractivity (Wildman–Crippen MR) is 66.8 cm³/mol. The summed E-state index contributed by atoms with van der Waals surface area (Å²) in [6.07, 6.45) is 0.449. The van der Waals surface area contributed by atoms with Crippen molar-refractivity contribution in [1.29, 1.82) is 0 Å². The van der Waals surface area contributed by atoms with Crippen LogP contribution in [0.1, 0.15) is 12.8 Å². The second kappa shape index (κ2) is 8.77. The van der Waals surface area contributed by atoms with Crippen LogP contribution in [0.3, 0.4) is 0 Å². The predicted octanol–water partition coefficient (Wildman–Crippen LogP) is -0.0116. The summed E-state index contributed by atoms with van der Waals surface area (Å²) in [5.74, 6) is -0.0231. The molecule has 0 aliphatic rings. The zero-order chi connectivity index (χ0) is 11.7. The molecule has 0 saturated heterocycles. The van der Waals surface area contributed by atoms with Crippen LogP contribution in [0.15, 0.2) is 0 Å². The number of thiol groups is 1. The lowest BCUT2D eigenvalue weighted by Gasteiger charge is -2.05. The third-order valence-corrected chi connectivity index (χ3v) is 1.81. The Morgan fingerprint density at radius 3 is 2.27 bits per heavy atom. The zero-order valence-corrected chi connectivity index (χ0v) is 10.9. The molecule has 0 atom stereocenters. The van der Waals surface area contributed by atoms with Crippen molar-refractivity contribution in [1.82, 2.24) is 16.2 Å². The van der Waals surface area contributed by atoms with Gasteiger partial charge in [-0.05, 0) is 5.75 Å². The summed E-state index contributed by atoms with van der Waals surface area (Å²) in [5, 5.41) is 2.54. The fraction of sp³-hybridized carbons (Fsp3) is 0.571. The summed E-state index contributed by atoms with van der Waals surface area (Å²) in [5.41, 5.74) is 4.31. The SMILES string of the molecule is O=C(I)NNC(=O)CCNC(=O)CCS. The van der Waals surface area contributed by atoms with Crippen molar-refractivity contribution < 1.29 is 14.4 Å². The van der Waals surface area contributed by atoms with Gasteiger partial charge in [0.2, 0.25) is 11.8 Å². The lowest BCUT2D eigenvalue weighted by Crippen LogP contribution is -2.40. The first kappa shape index (κ1) is 14.5. The molecule has 15 heavy (non-hydrogen) atoms. The van der Waals surface area contributed by atoms with Gasteiger partial charge in [-0.2, -0.15) is 12.6 Å². The standard InChI is InChI=1S/C7H12IN3O3S/c8-7(14)11-10-6(13)1-3-9-5(12)2-4-15/h15H,1-4H2,(H,9,12)(H,10,13)(H,11,14). The van der Waals surface area contributed by atoms with Gasteiger partial charge in [-0.3, -0.25) is 25.2 Å². The largest absolute Gasteiger partial charge is 0.356 e. The minimum Gasteiger partial charge on any atom is -0.356 e. The van der Waals surface area contributed by atoms with Gasteiger partial charge in [0.05, 0.1) is 0 Å². The Morgan fingerprint density at radius 2 is 1.73 bits per heavy atom. The van der Waals surface area contributed by atoms with Crippen molar-refractivity contribution in [3.8, 4) is 0 Å². The Labute approximate surface area is 106 Å². The highest BCUT2D eigenvalue weighted by Crippen LogP contribution is 1.84. The average molecular weight is 345 g/mol. The van der Waals surface area contributed by atoms with Crippen molar-refractivity contribution in [2.75, 3.05) is 12.3 Å².